The van der Waals surface area contributed by atoms with Gasteiger partial charge in [0.15, 0.2) is 0 Å². The highest BCUT2D eigenvalue weighted by molar-refractivity contribution is 5.87. The molecule has 1 saturated heterocycles. The molecule has 0 amide bonds. The van der Waals surface area contributed by atoms with Crippen LogP contribution in [0.3, 0.4) is 0 Å². The van der Waals surface area contributed by atoms with Crippen molar-refractivity contribution in [2.75, 3.05) is 6.61 Å². The Labute approximate surface area is 222 Å². The highest BCUT2D eigenvalue weighted by Gasteiger charge is 2.72. The standard InChI is InChI=1S/C33H44O4/c1-20(2)21-6-7-23-22(14-21)15-32-13-12-31(17-29(3,4)19-36-37-31)18-33(32,35)11-10-24-26-8-9-27(34)30(26,5)16-25(23)28(24)32/h6-7,14,24-26,28,35H,1,8-13,15-19H2,2-5H3/t24-,25+,26-,28+,30-,31?,32-,33+/m0/s1. The fourth-order valence-electron chi connectivity index (χ4n) is 10.9. The Morgan fingerprint density at radius 2 is 1.92 bits per heavy atom. The van der Waals surface area contributed by atoms with Crippen LogP contribution in [0.5, 0.6) is 0 Å². The van der Waals surface area contributed by atoms with Gasteiger partial charge in [-0.3, -0.25) is 4.79 Å². The highest BCUT2D eigenvalue weighted by Crippen LogP contribution is 2.73. The number of hydrogen-bond donors (Lipinski definition) is 1. The van der Waals surface area contributed by atoms with Gasteiger partial charge in [0.25, 0.3) is 0 Å². The van der Waals surface area contributed by atoms with E-state index >= 15 is 0 Å². The van der Waals surface area contributed by atoms with Gasteiger partial charge in [0.1, 0.15) is 11.4 Å². The largest absolute Gasteiger partial charge is 0.389 e. The molecule has 1 unspecified atom stereocenters. The molecular formula is C33H44O4. The summed E-state index contributed by atoms with van der Waals surface area (Å²) in [6.45, 7) is 13.7. The van der Waals surface area contributed by atoms with E-state index in [0.29, 0.717) is 42.5 Å². The number of hydrogen-bond acceptors (Lipinski definition) is 4. The van der Waals surface area contributed by atoms with Crippen molar-refractivity contribution in [3.63, 3.8) is 0 Å². The Kier molecular flexibility index (Phi) is 5.03. The molecule has 37 heavy (non-hydrogen) atoms. The van der Waals surface area contributed by atoms with Gasteiger partial charge in [0.05, 0.1) is 12.2 Å². The van der Waals surface area contributed by atoms with E-state index in [4.69, 9.17) is 9.78 Å². The fraction of sp³-hybridized carbons (Fsp3) is 0.727. The number of Topliss-reactive ketones (excluding diaryl/α,β-unsaturated/α-hetero) is 1. The maximum Gasteiger partial charge on any atom is 0.139 e. The van der Waals surface area contributed by atoms with Crippen molar-refractivity contribution in [3.05, 3.63) is 41.5 Å². The second kappa shape index (κ2) is 7.58. The van der Waals surface area contributed by atoms with Gasteiger partial charge in [-0.15, -0.1) is 0 Å². The van der Waals surface area contributed by atoms with E-state index in [9.17, 15) is 9.90 Å². The minimum atomic E-state index is -0.783. The summed E-state index contributed by atoms with van der Waals surface area (Å²) in [5, 5.41) is 12.9. The van der Waals surface area contributed by atoms with Crippen molar-refractivity contribution < 1.29 is 19.7 Å². The lowest BCUT2D eigenvalue weighted by atomic mass is 9.36. The Morgan fingerprint density at radius 3 is 2.68 bits per heavy atom. The van der Waals surface area contributed by atoms with E-state index in [1.54, 1.807) is 0 Å². The van der Waals surface area contributed by atoms with Crippen LogP contribution in [0.4, 0.5) is 0 Å². The summed E-state index contributed by atoms with van der Waals surface area (Å²) in [6, 6.07) is 6.93. The summed E-state index contributed by atoms with van der Waals surface area (Å²) in [7, 11) is 0. The van der Waals surface area contributed by atoms with Gasteiger partial charge in [-0.2, -0.15) is 0 Å². The number of aliphatic hydroxyl groups is 1. The zero-order valence-electron chi connectivity index (χ0n) is 23.2. The van der Waals surface area contributed by atoms with Gasteiger partial charge < -0.3 is 5.11 Å². The highest BCUT2D eigenvalue weighted by atomic mass is 17.2. The van der Waals surface area contributed by atoms with Gasteiger partial charge in [-0.1, -0.05) is 51.1 Å². The van der Waals surface area contributed by atoms with Crippen molar-refractivity contribution in [2.45, 2.75) is 109 Å². The summed E-state index contributed by atoms with van der Waals surface area (Å²) >= 11 is 0. The quantitative estimate of drug-likeness (QED) is 0.428. The molecule has 2 spiro atoms. The smallest absolute Gasteiger partial charge is 0.139 e. The van der Waals surface area contributed by atoms with Gasteiger partial charge in [0, 0.05) is 23.7 Å². The Morgan fingerprint density at radius 1 is 1.11 bits per heavy atom. The maximum absolute atomic E-state index is 13.3. The van der Waals surface area contributed by atoms with Crippen LogP contribution in [-0.4, -0.2) is 28.7 Å². The molecule has 1 heterocycles. The summed E-state index contributed by atoms with van der Waals surface area (Å²) in [4.78, 5) is 25.2. The molecular weight excluding hydrogens is 460 g/mol. The molecule has 0 aromatic heterocycles. The molecule has 1 aliphatic heterocycles. The summed E-state index contributed by atoms with van der Waals surface area (Å²) in [5.41, 5.74) is 3.56. The number of benzene rings is 1. The first-order valence-electron chi connectivity index (χ1n) is 14.8. The van der Waals surface area contributed by atoms with Crippen LogP contribution < -0.4 is 0 Å². The van der Waals surface area contributed by atoms with Gasteiger partial charge in [-0.05, 0) is 104 Å². The first-order chi connectivity index (χ1) is 17.4. The summed E-state index contributed by atoms with van der Waals surface area (Å²) in [6.07, 6.45) is 8.96. The Balaban J connectivity index is 1.37. The Bertz CT molecular complexity index is 1180. The molecule has 1 aromatic rings. The average molecular weight is 505 g/mol. The molecule has 6 aliphatic rings. The molecule has 200 valence electrons. The third-order valence-electron chi connectivity index (χ3n) is 12.3. The SMILES string of the molecule is C=C(C)c1ccc2c(c1)C[C@]13CCC4(CC(C)(C)COO4)C[C@]1(O)CC[C@@H]1[C@@H]3[C@@H]2C[C@]2(C)C(=O)CC[C@@H]12. The fourth-order valence-corrected chi connectivity index (χ4v) is 10.9. The molecule has 1 N–H and O–H groups in total. The minimum Gasteiger partial charge on any atom is -0.389 e. The molecule has 5 fully saturated rings. The number of ketones is 1. The third-order valence-corrected chi connectivity index (χ3v) is 12.3. The zero-order valence-corrected chi connectivity index (χ0v) is 23.2. The van der Waals surface area contributed by atoms with E-state index in [1.165, 1.54) is 16.7 Å². The average Bonchev–Trinajstić information content (AvgIpc) is 3.12. The van der Waals surface area contributed by atoms with E-state index in [2.05, 4.69) is 52.5 Å². The number of rotatable bonds is 1. The first kappa shape index (κ1) is 24.5. The molecule has 5 aliphatic carbocycles. The van der Waals surface area contributed by atoms with Gasteiger partial charge in [0.2, 0.25) is 0 Å². The van der Waals surface area contributed by atoms with E-state index < -0.39 is 11.2 Å². The summed E-state index contributed by atoms with van der Waals surface area (Å²) in [5.74, 6) is 2.21. The lowest BCUT2D eigenvalue weighted by Crippen LogP contribution is -2.70. The number of allylic oxidation sites excluding steroid dienone is 1. The summed E-state index contributed by atoms with van der Waals surface area (Å²) < 4.78 is 0. The molecule has 4 saturated carbocycles. The predicted octanol–water partition coefficient (Wildman–Crippen LogP) is 6.79. The molecule has 4 nitrogen and oxygen atoms in total. The number of carbonyl (C=O) groups is 1. The number of carbonyl (C=O) groups excluding carboxylic acids is 1. The van der Waals surface area contributed by atoms with Crippen LogP contribution in [0.1, 0.15) is 108 Å². The van der Waals surface area contributed by atoms with Crippen molar-refractivity contribution >= 4 is 11.4 Å². The minimum absolute atomic E-state index is 0.0469. The normalized spacial score (nSPS) is 47.5. The topological polar surface area (TPSA) is 55.8 Å². The second-order valence-electron chi connectivity index (χ2n) is 15.1. The molecule has 7 rings (SSSR count). The van der Waals surface area contributed by atoms with E-state index in [1.807, 2.05) is 0 Å². The van der Waals surface area contributed by atoms with Crippen molar-refractivity contribution in [1.29, 1.82) is 0 Å². The molecule has 0 radical (unpaired) electrons. The zero-order chi connectivity index (χ0) is 26.0. The monoisotopic (exact) mass is 504 g/mol. The number of fused-ring (bicyclic) bond motifs is 4. The van der Waals surface area contributed by atoms with Crippen LogP contribution >= 0.6 is 0 Å². The van der Waals surface area contributed by atoms with Crippen LogP contribution in [0, 0.1) is 34.0 Å². The lowest BCUT2D eigenvalue weighted by Gasteiger charge is -2.70. The Hall–Kier alpha value is -1.49. The predicted molar refractivity (Wildman–Crippen MR) is 144 cm³/mol. The first-order valence-corrected chi connectivity index (χ1v) is 14.8. The molecule has 8 atom stereocenters. The van der Waals surface area contributed by atoms with Crippen molar-refractivity contribution in [2.24, 2.45) is 34.0 Å². The van der Waals surface area contributed by atoms with Crippen LogP contribution in [0.15, 0.2) is 24.8 Å². The van der Waals surface area contributed by atoms with Crippen LogP contribution in [-0.2, 0) is 21.0 Å². The van der Waals surface area contributed by atoms with Gasteiger partial charge in [-0.25, -0.2) is 9.78 Å². The van der Waals surface area contributed by atoms with Gasteiger partial charge >= 0.3 is 0 Å². The van der Waals surface area contributed by atoms with E-state index in [0.717, 1.165) is 63.4 Å². The lowest BCUT2D eigenvalue weighted by molar-refractivity contribution is -0.425. The molecule has 0 bridgehead atoms. The third kappa shape index (κ3) is 3.22. The van der Waals surface area contributed by atoms with Crippen molar-refractivity contribution in [1.82, 2.24) is 0 Å². The second-order valence-corrected chi connectivity index (χ2v) is 15.1. The van der Waals surface area contributed by atoms with Crippen LogP contribution in [0.2, 0.25) is 0 Å². The van der Waals surface area contributed by atoms with Crippen LogP contribution in [0.25, 0.3) is 5.57 Å². The van der Waals surface area contributed by atoms with E-state index in [-0.39, 0.29) is 16.2 Å². The van der Waals surface area contributed by atoms with Crippen molar-refractivity contribution in [3.8, 4) is 0 Å². The molecule has 4 heteroatoms. The molecule has 1 aromatic carbocycles. The maximum atomic E-state index is 13.3.